The van der Waals surface area contributed by atoms with Crippen LogP contribution in [0, 0.1) is 11.7 Å². The Morgan fingerprint density at radius 1 is 1.44 bits per heavy atom. The van der Waals surface area contributed by atoms with Crippen LogP contribution in [0.25, 0.3) is 0 Å². The third-order valence-corrected chi connectivity index (χ3v) is 3.51. The van der Waals surface area contributed by atoms with E-state index >= 15 is 0 Å². The summed E-state index contributed by atoms with van der Waals surface area (Å²) in [5.41, 5.74) is 0.815. The molecule has 0 aliphatic heterocycles. The Hall–Kier alpha value is -1.35. The molecule has 2 rings (SSSR count). The molecule has 1 N–H and O–H groups in total. The maximum Gasteiger partial charge on any atom is 0.165 e. The topological polar surface area (TPSA) is 29.5 Å². The normalized spacial score (nSPS) is 20.7. The molecule has 1 aliphatic carbocycles. The summed E-state index contributed by atoms with van der Waals surface area (Å²) < 4.78 is 18.4. The van der Waals surface area contributed by atoms with E-state index in [-0.39, 0.29) is 11.6 Å². The van der Waals surface area contributed by atoms with Crippen molar-refractivity contribution < 1.29 is 14.2 Å². The van der Waals surface area contributed by atoms with E-state index in [1.54, 1.807) is 6.07 Å². The van der Waals surface area contributed by atoms with Crippen LogP contribution >= 0.6 is 0 Å². The molecule has 0 radical (unpaired) electrons. The molecule has 0 amide bonds. The van der Waals surface area contributed by atoms with Crippen molar-refractivity contribution in [1.29, 1.82) is 0 Å². The van der Waals surface area contributed by atoms with Crippen LogP contribution in [0.4, 0.5) is 4.39 Å². The van der Waals surface area contributed by atoms with Crippen LogP contribution in [-0.4, -0.2) is 18.3 Å². The Bertz CT molecular complexity index is 429. The van der Waals surface area contributed by atoms with Gasteiger partial charge in [0, 0.05) is 0 Å². The molecule has 2 unspecified atom stereocenters. The van der Waals surface area contributed by atoms with Gasteiger partial charge in [0.1, 0.15) is 0 Å². The minimum absolute atomic E-state index is 0.244. The highest BCUT2D eigenvalue weighted by molar-refractivity contribution is 5.29. The highest BCUT2D eigenvalue weighted by atomic mass is 19.1. The summed E-state index contributed by atoms with van der Waals surface area (Å²) >= 11 is 0. The van der Waals surface area contributed by atoms with Gasteiger partial charge in [-0.05, 0) is 49.3 Å². The summed E-state index contributed by atoms with van der Waals surface area (Å²) in [6.07, 6.45) is 7.32. The van der Waals surface area contributed by atoms with Crippen molar-refractivity contribution >= 4 is 0 Å². The predicted molar refractivity (Wildman–Crippen MR) is 69.1 cm³/mol. The molecule has 0 fully saturated rings. The SMILES string of the molecule is COc1ccc(CC(O)C2CC=CCC2)cc1F. The summed E-state index contributed by atoms with van der Waals surface area (Å²) in [7, 11) is 1.45. The lowest BCUT2D eigenvalue weighted by Gasteiger charge is -2.23. The predicted octanol–water partition coefficient (Wildman–Crippen LogP) is 3.09. The first kappa shape index (κ1) is 13.1. The molecule has 98 valence electrons. The number of benzene rings is 1. The van der Waals surface area contributed by atoms with Gasteiger partial charge in [0.25, 0.3) is 0 Å². The minimum Gasteiger partial charge on any atom is -0.494 e. The van der Waals surface area contributed by atoms with E-state index in [0.717, 1.165) is 24.8 Å². The number of ether oxygens (including phenoxy) is 1. The molecule has 1 aliphatic rings. The Morgan fingerprint density at radius 2 is 2.28 bits per heavy atom. The van der Waals surface area contributed by atoms with Gasteiger partial charge in [-0.1, -0.05) is 18.2 Å². The first-order valence-corrected chi connectivity index (χ1v) is 6.36. The second kappa shape index (κ2) is 6.01. The fraction of sp³-hybridized carbons (Fsp3) is 0.467. The van der Waals surface area contributed by atoms with Gasteiger partial charge >= 0.3 is 0 Å². The smallest absolute Gasteiger partial charge is 0.165 e. The number of hydrogen-bond donors (Lipinski definition) is 1. The summed E-state index contributed by atoms with van der Waals surface area (Å²) in [5.74, 6) is 0.166. The zero-order chi connectivity index (χ0) is 13.0. The second-order valence-corrected chi connectivity index (χ2v) is 4.78. The molecular formula is C15H19FO2. The lowest BCUT2D eigenvalue weighted by atomic mass is 9.86. The molecule has 0 spiro atoms. The summed E-state index contributed by atoms with van der Waals surface area (Å²) in [4.78, 5) is 0. The fourth-order valence-electron chi connectivity index (χ4n) is 2.41. The molecular weight excluding hydrogens is 231 g/mol. The molecule has 0 aromatic heterocycles. The maximum atomic E-state index is 13.5. The number of halogens is 1. The van der Waals surface area contributed by atoms with E-state index in [0.29, 0.717) is 12.3 Å². The van der Waals surface area contributed by atoms with Crippen LogP contribution in [-0.2, 0) is 6.42 Å². The van der Waals surface area contributed by atoms with Crippen LogP contribution < -0.4 is 4.74 Å². The second-order valence-electron chi connectivity index (χ2n) is 4.78. The van der Waals surface area contributed by atoms with Gasteiger partial charge < -0.3 is 9.84 Å². The van der Waals surface area contributed by atoms with Gasteiger partial charge in [0.2, 0.25) is 0 Å². The Labute approximate surface area is 107 Å². The van der Waals surface area contributed by atoms with Crippen molar-refractivity contribution in [2.75, 3.05) is 7.11 Å². The minimum atomic E-state index is -0.400. The Balaban J connectivity index is 2.00. The van der Waals surface area contributed by atoms with Crippen LogP contribution in [0.1, 0.15) is 24.8 Å². The van der Waals surface area contributed by atoms with Gasteiger partial charge in [-0.3, -0.25) is 0 Å². The Kier molecular flexibility index (Phi) is 4.37. The van der Waals surface area contributed by atoms with Crippen molar-refractivity contribution in [3.8, 4) is 5.75 Å². The number of rotatable bonds is 4. The van der Waals surface area contributed by atoms with Crippen LogP contribution in [0.15, 0.2) is 30.4 Å². The van der Waals surface area contributed by atoms with Crippen LogP contribution in [0.2, 0.25) is 0 Å². The van der Waals surface area contributed by atoms with Gasteiger partial charge in [-0.15, -0.1) is 0 Å². The van der Waals surface area contributed by atoms with Crippen LogP contribution in [0.5, 0.6) is 5.75 Å². The van der Waals surface area contributed by atoms with Crippen molar-refractivity contribution in [2.45, 2.75) is 31.8 Å². The third-order valence-electron chi connectivity index (χ3n) is 3.51. The molecule has 0 heterocycles. The number of allylic oxidation sites excluding steroid dienone is 2. The highest BCUT2D eigenvalue weighted by Gasteiger charge is 2.20. The average molecular weight is 250 g/mol. The lowest BCUT2D eigenvalue weighted by Crippen LogP contribution is -2.23. The lowest BCUT2D eigenvalue weighted by molar-refractivity contribution is 0.102. The first-order valence-electron chi connectivity index (χ1n) is 6.36. The standard InChI is InChI=1S/C15H19FO2/c1-18-15-8-7-11(9-13(15)16)10-14(17)12-5-3-2-4-6-12/h2-3,7-9,12,14,17H,4-6,10H2,1H3. The molecule has 2 atom stereocenters. The summed E-state index contributed by atoms with van der Waals surface area (Å²) in [6, 6.07) is 4.86. The zero-order valence-corrected chi connectivity index (χ0v) is 10.6. The van der Waals surface area contributed by atoms with Gasteiger partial charge in [-0.25, -0.2) is 4.39 Å². The van der Waals surface area contributed by atoms with E-state index in [2.05, 4.69) is 12.2 Å². The molecule has 0 bridgehead atoms. The number of methoxy groups -OCH3 is 1. The quantitative estimate of drug-likeness (QED) is 0.832. The molecule has 18 heavy (non-hydrogen) atoms. The molecule has 3 heteroatoms. The van der Waals surface area contributed by atoms with Crippen molar-refractivity contribution in [2.24, 2.45) is 5.92 Å². The van der Waals surface area contributed by atoms with E-state index < -0.39 is 6.10 Å². The highest BCUT2D eigenvalue weighted by Crippen LogP contribution is 2.25. The molecule has 0 saturated carbocycles. The number of aliphatic hydroxyl groups excluding tert-OH is 1. The van der Waals surface area contributed by atoms with Crippen molar-refractivity contribution in [1.82, 2.24) is 0 Å². The fourth-order valence-corrected chi connectivity index (χ4v) is 2.41. The molecule has 0 saturated heterocycles. The van der Waals surface area contributed by atoms with E-state index in [9.17, 15) is 9.50 Å². The number of aliphatic hydroxyl groups is 1. The van der Waals surface area contributed by atoms with E-state index in [1.165, 1.54) is 13.2 Å². The first-order chi connectivity index (χ1) is 8.70. The largest absolute Gasteiger partial charge is 0.494 e. The van der Waals surface area contributed by atoms with Crippen molar-refractivity contribution in [3.63, 3.8) is 0 Å². The molecule has 1 aromatic carbocycles. The van der Waals surface area contributed by atoms with Gasteiger partial charge in [0.05, 0.1) is 13.2 Å². The van der Waals surface area contributed by atoms with Crippen molar-refractivity contribution in [3.05, 3.63) is 41.7 Å². The number of hydrogen-bond acceptors (Lipinski definition) is 2. The van der Waals surface area contributed by atoms with Gasteiger partial charge in [-0.2, -0.15) is 0 Å². The molecule has 2 nitrogen and oxygen atoms in total. The van der Waals surface area contributed by atoms with Crippen LogP contribution in [0.3, 0.4) is 0 Å². The zero-order valence-electron chi connectivity index (χ0n) is 10.6. The maximum absolute atomic E-state index is 13.5. The van der Waals surface area contributed by atoms with Gasteiger partial charge in [0.15, 0.2) is 11.6 Å². The molecule has 1 aromatic rings. The van der Waals surface area contributed by atoms with E-state index in [1.807, 2.05) is 6.07 Å². The summed E-state index contributed by atoms with van der Waals surface area (Å²) in [5, 5.41) is 10.2. The summed E-state index contributed by atoms with van der Waals surface area (Å²) in [6.45, 7) is 0. The Morgan fingerprint density at radius 3 is 2.89 bits per heavy atom. The average Bonchev–Trinajstić information content (AvgIpc) is 2.40. The monoisotopic (exact) mass is 250 g/mol. The van der Waals surface area contributed by atoms with E-state index in [4.69, 9.17) is 4.74 Å². The third kappa shape index (κ3) is 3.10.